The predicted molar refractivity (Wildman–Crippen MR) is 66.7 cm³/mol. The zero-order valence-corrected chi connectivity index (χ0v) is 10.4. The van der Waals surface area contributed by atoms with Gasteiger partial charge in [-0.3, -0.25) is 0 Å². The number of rotatable bonds is 2. The Morgan fingerprint density at radius 3 is 2.69 bits per heavy atom. The molecule has 86 valence electrons. The van der Waals surface area contributed by atoms with Crippen LogP contribution in [0.15, 0.2) is 24.4 Å². The van der Waals surface area contributed by atoms with Crippen LogP contribution in [0.25, 0.3) is 5.52 Å². The lowest BCUT2D eigenvalue weighted by molar-refractivity contribution is 0.541. The molecule has 3 heteroatoms. The predicted octanol–water partition coefficient (Wildman–Crippen LogP) is 2.35. The minimum atomic E-state index is 0.0657. The highest BCUT2D eigenvalue weighted by Gasteiger charge is 2.21. The van der Waals surface area contributed by atoms with E-state index in [-0.39, 0.29) is 5.41 Å². The molecule has 0 aliphatic rings. The standard InChI is InChI=1S/C13H19N3/c1-13(2,3)12-15-10(9-14-4)11-7-5-6-8-16(11)12/h5-8,14H,9H2,1-4H3. The average molecular weight is 217 g/mol. The topological polar surface area (TPSA) is 29.3 Å². The Bertz CT molecular complexity index is 491. The van der Waals surface area contributed by atoms with Crippen molar-refractivity contribution in [2.45, 2.75) is 32.7 Å². The highest BCUT2D eigenvalue weighted by atomic mass is 15.0. The molecule has 0 bridgehead atoms. The second-order valence-electron chi connectivity index (χ2n) is 5.12. The summed E-state index contributed by atoms with van der Waals surface area (Å²) in [6, 6.07) is 6.23. The van der Waals surface area contributed by atoms with Gasteiger partial charge < -0.3 is 9.72 Å². The maximum Gasteiger partial charge on any atom is 0.119 e. The minimum Gasteiger partial charge on any atom is -0.314 e. The fourth-order valence-corrected chi connectivity index (χ4v) is 1.93. The van der Waals surface area contributed by atoms with Gasteiger partial charge in [-0.25, -0.2) is 4.98 Å². The first-order valence-corrected chi connectivity index (χ1v) is 5.65. The normalized spacial score (nSPS) is 12.2. The molecular weight excluding hydrogens is 198 g/mol. The van der Waals surface area contributed by atoms with Crippen molar-refractivity contribution >= 4 is 5.52 Å². The van der Waals surface area contributed by atoms with Crippen LogP contribution in [0.1, 0.15) is 32.3 Å². The van der Waals surface area contributed by atoms with Crippen LogP contribution in [0, 0.1) is 0 Å². The van der Waals surface area contributed by atoms with Gasteiger partial charge in [0.05, 0.1) is 11.2 Å². The molecule has 2 aromatic heterocycles. The Morgan fingerprint density at radius 1 is 1.31 bits per heavy atom. The first-order valence-electron chi connectivity index (χ1n) is 5.65. The molecule has 0 saturated carbocycles. The zero-order chi connectivity index (χ0) is 11.8. The number of fused-ring (bicyclic) bond motifs is 1. The van der Waals surface area contributed by atoms with E-state index in [1.807, 2.05) is 13.1 Å². The van der Waals surface area contributed by atoms with Gasteiger partial charge in [0.25, 0.3) is 0 Å². The Morgan fingerprint density at radius 2 is 2.06 bits per heavy atom. The number of nitrogens with one attached hydrogen (secondary N) is 1. The minimum absolute atomic E-state index is 0.0657. The Kier molecular flexibility index (Phi) is 2.72. The molecule has 1 N–H and O–H groups in total. The lowest BCUT2D eigenvalue weighted by Crippen LogP contribution is -2.16. The first-order chi connectivity index (χ1) is 7.54. The van der Waals surface area contributed by atoms with Crippen molar-refractivity contribution in [3.63, 3.8) is 0 Å². The third kappa shape index (κ3) is 1.83. The quantitative estimate of drug-likeness (QED) is 0.836. The van der Waals surface area contributed by atoms with E-state index in [2.05, 4.69) is 48.8 Å². The molecule has 2 rings (SSSR count). The molecule has 0 fully saturated rings. The summed E-state index contributed by atoms with van der Waals surface area (Å²) in [4.78, 5) is 4.75. The van der Waals surface area contributed by atoms with Crippen LogP contribution in [0.5, 0.6) is 0 Å². The van der Waals surface area contributed by atoms with E-state index >= 15 is 0 Å². The maximum atomic E-state index is 4.75. The van der Waals surface area contributed by atoms with Crippen molar-refractivity contribution in [1.29, 1.82) is 0 Å². The van der Waals surface area contributed by atoms with Crippen molar-refractivity contribution in [3.05, 3.63) is 35.9 Å². The van der Waals surface area contributed by atoms with E-state index in [1.165, 1.54) is 5.52 Å². The number of hydrogen-bond donors (Lipinski definition) is 1. The van der Waals surface area contributed by atoms with Crippen molar-refractivity contribution < 1.29 is 0 Å². The van der Waals surface area contributed by atoms with Crippen molar-refractivity contribution in [3.8, 4) is 0 Å². The van der Waals surface area contributed by atoms with E-state index in [0.29, 0.717) is 0 Å². The molecule has 0 amide bonds. The number of nitrogens with zero attached hydrogens (tertiary/aromatic N) is 2. The van der Waals surface area contributed by atoms with Gasteiger partial charge in [-0.2, -0.15) is 0 Å². The lowest BCUT2D eigenvalue weighted by atomic mass is 9.96. The van der Waals surface area contributed by atoms with E-state index < -0.39 is 0 Å². The number of pyridine rings is 1. The summed E-state index contributed by atoms with van der Waals surface area (Å²) < 4.78 is 2.19. The van der Waals surface area contributed by atoms with Crippen LogP contribution >= 0.6 is 0 Å². The Labute approximate surface area is 96.5 Å². The molecule has 16 heavy (non-hydrogen) atoms. The summed E-state index contributed by atoms with van der Waals surface area (Å²) in [5.41, 5.74) is 2.38. The highest BCUT2D eigenvalue weighted by Crippen LogP contribution is 2.24. The molecule has 0 aromatic carbocycles. The van der Waals surface area contributed by atoms with Crippen LogP contribution in [-0.4, -0.2) is 16.4 Å². The van der Waals surface area contributed by atoms with Gasteiger partial charge in [-0.1, -0.05) is 26.8 Å². The van der Waals surface area contributed by atoms with Crippen molar-refractivity contribution in [2.24, 2.45) is 0 Å². The van der Waals surface area contributed by atoms with Gasteiger partial charge in [0.1, 0.15) is 5.82 Å². The first kappa shape index (κ1) is 11.1. The SMILES string of the molecule is CNCc1nc(C(C)(C)C)n2ccccc12. The summed E-state index contributed by atoms with van der Waals surface area (Å²) in [5, 5.41) is 3.17. The van der Waals surface area contributed by atoms with Crippen molar-refractivity contribution in [2.75, 3.05) is 7.05 Å². The molecule has 0 saturated heterocycles. The molecule has 0 aliphatic heterocycles. The zero-order valence-electron chi connectivity index (χ0n) is 10.4. The van der Waals surface area contributed by atoms with Crippen LogP contribution in [-0.2, 0) is 12.0 Å². The highest BCUT2D eigenvalue weighted by molar-refractivity contribution is 5.53. The summed E-state index contributed by atoms with van der Waals surface area (Å²) in [5.74, 6) is 1.12. The van der Waals surface area contributed by atoms with Crippen LogP contribution in [0.4, 0.5) is 0 Å². The van der Waals surface area contributed by atoms with Gasteiger partial charge in [-0.05, 0) is 19.2 Å². The summed E-state index contributed by atoms with van der Waals surface area (Å²) in [6.45, 7) is 7.39. The van der Waals surface area contributed by atoms with Crippen LogP contribution < -0.4 is 5.32 Å². The third-order valence-corrected chi connectivity index (χ3v) is 2.64. The lowest BCUT2D eigenvalue weighted by Gasteiger charge is -2.16. The van der Waals surface area contributed by atoms with Crippen LogP contribution in [0.3, 0.4) is 0 Å². The fraction of sp³-hybridized carbons (Fsp3) is 0.462. The van der Waals surface area contributed by atoms with E-state index in [9.17, 15) is 0 Å². The maximum absolute atomic E-state index is 4.75. The van der Waals surface area contributed by atoms with E-state index in [0.717, 1.165) is 18.1 Å². The van der Waals surface area contributed by atoms with Crippen LogP contribution in [0.2, 0.25) is 0 Å². The molecule has 0 radical (unpaired) electrons. The summed E-state index contributed by atoms with van der Waals surface area (Å²) in [7, 11) is 1.95. The molecule has 2 aromatic rings. The van der Waals surface area contributed by atoms with Gasteiger partial charge in [0, 0.05) is 18.2 Å². The number of hydrogen-bond acceptors (Lipinski definition) is 2. The third-order valence-electron chi connectivity index (χ3n) is 2.64. The fourth-order valence-electron chi connectivity index (χ4n) is 1.93. The largest absolute Gasteiger partial charge is 0.314 e. The van der Waals surface area contributed by atoms with Gasteiger partial charge >= 0.3 is 0 Å². The van der Waals surface area contributed by atoms with Gasteiger partial charge in [0.2, 0.25) is 0 Å². The monoisotopic (exact) mass is 217 g/mol. The summed E-state index contributed by atoms with van der Waals surface area (Å²) >= 11 is 0. The smallest absolute Gasteiger partial charge is 0.119 e. The molecular formula is C13H19N3. The molecule has 0 unspecified atom stereocenters. The molecule has 3 nitrogen and oxygen atoms in total. The Hall–Kier alpha value is -1.35. The van der Waals surface area contributed by atoms with Gasteiger partial charge in [-0.15, -0.1) is 0 Å². The molecule has 0 atom stereocenters. The molecule has 0 aliphatic carbocycles. The van der Waals surface area contributed by atoms with E-state index in [1.54, 1.807) is 0 Å². The number of imidazole rings is 1. The van der Waals surface area contributed by atoms with E-state index in [4.69, 9.17) is 4.98 Å². The summed E-state index contributed by atoms with van der Waals surface area (Å²) in [6.07, 6.45) is 2.09. The molecule has 2 heterocycles. The van der Waals surface area contributed by atoms with Crippen molar-refractivity contribution in [1.82, 2.24) is 14.7 Å². The number of aromatic nitrogens is 2. The molecule has 0 spiro atoms. The second kappa shape index (κ2) is 3.91. The second-order valence-corrected chi connectivity index (χ2v) is 5.12. The Balaban J connectivity index is 2.67. The average Bonchev–Trinajstić information content (AvgIpc) is 2.58. The van der Waals surface area contributed by atoms with Gasteiger partial charge in [0.15, 0.2) is 0 Å².